The predicted octanol–water partition coefficient (Wildman–Crippen LogP) is 4.35. The Morgan fingerprint density at radius 2 is 2.05 bits per heavy atom. The average Bonchev–Trinajstić information content (AvgIpc) is 3.44. The number of benzene rings is 2. The molecule has 0 aliphatic carbocycles. The lowest BCUT2D eigenvalue weighted by molar-refractivity contribution is -0.124. The summed E-state index contributed by atoms with van der Waals surface area (Å²) in [7, 11) is 1.55. The third kappa shape index (κ3) is 8.10. The molecule has 2 aromatic carbocycles. The van der Waals surface area contributed by atoms with Gasteiger partial charge < -0.3 is 29.8 Å². The summed E-state index contributed by atoms with van der Waals surface area (Å²) in [6.07, 6.45) is 6.62. The number of rotatable bonds is 6. The van der Waals surface area contributed by atoms with Crippen molar-refractivity contribution in [3.8, 4) is 17.2 Å². The first kappa shape index (κ1) is 29.6. The number of aromatic nitrogens is 2. The van der Waals surface area contributed by atoms with E-state index in [1.54, 1.807) is 25.3 Å². The van der Waals surface area contributed by atoms with Crippen molar-refractivity contribution in [2.45, 2.75) is 70.7 Å². The number of likely N-dealkylation sites (tertiary alicyclic amines) is 1. The molecule has 2 amide bonds. The summed E-state index contributed by atoms with van der Waals surface area (Å²) in [5.74, 6) is 2.39. The van der Waals surface area contributed by atoms with E-state index in [0.717, 1.165) is 55.9 Å². The molecule has 2 aliphatic heterocycles. The van der Waals surface area contributed by atoms with Gasteiger partial charge in [-0.05, 0) is 49.1 Å². The van der Waals surface area contributed by atoms with Crippen molar-refractivity contribution < 1.29 is 23.8 Å². The summed E-state index contributed by atoms with van der Waals surface area (Å²) in [6, 6.07) is 12.6. The number of amides is 2. The summed E-state index contributed by atoms with van der Waals surface area (Å²) in [6.45, 7) is 5.22. The number of hydrogen-bond acceptors (Lipinski definition) is 7. The molecule has 2 atom stereocenters. The van der Waals surface area contributed by atoms with Gasteiger partial charge in [-0.3, -0.25) is 14.5 Å². The van der Waals surface area contributed by atoms with Crippen LogP contribution in [0.1, 0.15) is 66.5 Å². The van der Waals surface area contributed by atoms with E-state index in [0.29, 0.717) is 55.4 Å². The number of carbonyl (C=O) groups excluding carboxylic acids is 2. The number of methoxy groups -OCH3 is 1. The van der Waals surface area contributed by atoms with Crippen LogP contribution in [-0.2, 0) is 29.1 Å². The molecule has 1 aromatic heterocycles. The maximum atomic E-state index is 13.0. The van der Waals surface area contributed by atoms with Crippen LogP contribution in [0.2, 0.25) is 0 Å². The van der Waals surface area contributed by atoms with Crippen molar-refractivity contribution in [3.05, 3.63) is 71.3 Å². The highest BCUT2D eigenvalue weighted by Crippen LogP contribution is 2.29. The van der Waals surface area contributed by atoms with E-state index in [9.17, 15) is 9.59 Å². The first-order chi connectivity index (χ1) is 20.5. The third-order valence-corrected chi connectivity index (χ3v) is 7.66. The molecule has 5 rings (SSSR count). The van der Waals surface area contributed by atoms with Crippen LogP contribution in [0.4, 0.5) is 0 Å². The molecule has 0 radical (unpaired) electrons. The van der Waals surface area contributed by atoms with Crippen LogP contribution in [0.25, 0.3) is 0 Å². The van der Waals surface area contributed by atoms with Gasteiger partial charge in [0.25, 0.3) is 5.91 Å². The lowest BCUT2D eigenvalue weighted by atomic mass is 10.0. The smallest absolute Gasteiger partial charge is 0.251 e. The van der Waals surface area contributed by atoms with Crippen LogP contribution in [0.15, 0.2) is 48.7 Å². The Balaban J connectivity index is 1.30. The number of imidazole rings is 1. The van der Waals surface area contributed by atoms with Crippen LogP contribution in [-0.4, -0.2) is 65.6 Å². The van der Waals surface area contributed by atoms with Gasteiger partial charge in [-0.15, -0.1) is 0 Å². The molecule has 1 saturated heterocycles. The van der Waals surface area contributed by atoms with E-state index < -0.39 is 0 Å². The van der Waals surface area contributed by atoms with E-state index in [2.05, 4.69) is 32.4 Å². The number of aryl methyl sites for hydroxylation is 1. The third-order valence-electron chi connectivity index (χ3n) is 7.66. The van der Waals surface area contributed by atoms with Gasteiger partial charge in [0.15, 0.2) is 0 Å². The van der Waals surface area contributed by atoms with Crippen molar-refractivity contribution >= 4 is 11.8 Å². The number of ether oxygens (including phenoxy) is 3. The number of piperidine rings is 1. The highest BCUT2D eigenvalue weighted by Gasteiger charge is 2.31. The van der Waals surface area contributed by atoms with Crippen LogP contribution < -0.4 is 20.1 Å². The molecular weight excluding hydrogens is 534 g/mol. The maximum absolute atomic E-state index is 13.0. The minimum Gasteiger partial charge on any atom is -0.497 e. The summed E-state index contributed by atoms with van der Waals surface area (Å²) in [5, 5.41) is 6.13. The highest BCUT2D eigenvalue weighted by molar-refractivity contribution is 5.95. The normalized spacial score (nSPS) is 20.3. The summed E-state index contributed by atoms with van der Waals surface area (Å²) < 4.78 is 17.9. The zero-order chi connectivity index (χ0) is 29.3. The minimum atomic E-state index is -0.248. The van der Waals surface area contributed by atoms with E-state index in [1.165, 1.54) is 0 Å². The van der Waals surface area contributed by atoms with E-state index >= 15 is 0 Å². The Kier molecular flexibility index (Phi) is 10.1. The van der Waals surface area contributed by atoms with Gasteiger partial charge in [-0.25, -0.2) is 4.98 Å². The van der Waals surface area contributed by atoms with Gasteiger partial charge in [0.05, 0.1) is 25.9 Å². The Labute approximate surface area is 247 Å². The zero-order valence-electron chi connectivity index (χ0n) is 24.5. The first-order valence-corrected chi connectivity index (χ1v) is 14.9. The van der Waals surface area contributed by atoms with E-state index in [4.69, 9.17) is 14.2 Å². The van der Waals surface area contributed by atoms with Crippen molar-refractivity contribution in [1.29, 1.82) is 0 Å². The highest BCUT2D eigenvalue weighted by atomic mass is 16.5. The molecule has 0 unspecified atom stereocenters. The topological polar surface area (TPSA) is 118 Å². The second kappa shape index (κ2) is 14.3. The molecule has 3 N–H and O–H groups in total. The molecule has 224 valence electrons. The second-order valence-corrected chi connectivity index (χ2v) is 11.0. The molecule has 10 nitrogen and oxygen atoms in total. The summed E-state index contributed by atoms with van der Waals surface area (Å²) in [4.78, 5) is 36.2. The van der Waals surface area contributed by atoms with Gasteiger partial charge in [-0.2, -0.15) is 0 Å². The fourth-order valence-electron chi connectivity index (χ4n) is 5.43. The molecule has 3 aromatic rings. The molecule has 0 saturated carbocycles. The number of hydrogen-bond donors (Lipinski definition) is 3. The predicted molar refractivity (Wildman–Crippen MR) is 159 cm³/mol. The van der Waals surface area contributed by atoms with Crippen LogP contribution in [0.5, 0.6) is 17.2 Å². The minimum absolute atomic E-state index is 0.0479. The first-order valence-electron chi connectivity index (χ1n) is 14.9. The van der Waals surface area contributed by atoms with E-state index in [1.807, 2.05) is 30.5 Å². The largest absolute Gasteiger partial charge is 0.497 e. The molecule has 2 aliphatic rings. The van der Waals surface area contributed by atoms with Crippen molar-refractivity contribution in [3.63, 3.8) is 0 Å². The van der Waals surface area contributed by atoms with Gasteiger partial charge in [-0.1, -0.05) is 25.5 Å². The fraction of sp³-hybridized carbons (Fsp3) is 0.469. The lowest BCUT2D eigenvalue weighted by Gasteiger charge is -2.38. The fourth-order valence-corrected chi connectivity index (χ4v) is 5.43. The SMILES string of the molecule is CCCCc1ncc(CN2CC[C@@H]3OCc4cccc(c4)Oc4cc(OC)cc(c4)C(=O)NCCCC(=O)N[C@H]3C2)[nH]1. The Bertz CT molecular complexity index is 1360. The zero-order valence-corrected chi connectivity index (χ0v) is 24.5. The number of nitrogens with zero attached hydrogens (tertiary/aromatic N) is 2. The quantitative estimate of drug-likeness (QED) is 0.400. The maximum Gasteiger partial charge on any atom is 0.251 e. The monoisotopic (exact) mass is 575 g/mol. The van der Waals surface area contributed by atoms with Crippen molar-refractivity contribution in [1.82, 2.24) is 25.5 Å². The number of nitrogens with one attached hydrogen (secondary N) is 3. The summed E-state index contributed by atoms with van der Waals surface area (Å²) >= 11 is 0. The van der Waals surface area contributed by atoms with Crippen molar-refractivity contribution in [2.75, 3.05) is 26.7 Å². The number of H-pyrrole nitrogens is 1. The molecule has 42 heavy (non-hydrogen) atoms. The second-order valence-electron chi connectivity index (χ2n) is 11.0. The number of carbonyl (C=O) groups is 2. The van der Waals surface area contributed by atoms with Crippen molar-refractivity contribution in [2.24, 2.45) is 0 Å². The number of aromatic amines is 1. The Morgan fingerprint density at radius 3 is 2.90 bits per heavy atom. The van der Waals surface area contributed by atoms with E-state index in [-0.39, 0.29) is 24.0 Å². The van der Waals surface area contributed by atoms with Crippen LogP contribution in [0.3, 0.4) is 0 Å². The molecule has 0 spiro atoms. The molecular formula is C32H41N5O5. The van der Waals surface area contributed by atoms with Gasteiger partial charge in [0, 0.05) is 62.5 Å². The van der Waals surface area contributed by atoms with Gasteiger partial charge >= 0.3 is 0 Å². The number of fused-ring (bicyclic) bond motifs is 5. The molecule has 10 heteroatoms. The molecule has 1 fully saturated rings. The van der Waals surface area contributed by atoms with Gasteiger partial charge in [0.2, 0.25) is 5.91 Å². The van der Waals surface area contributed by atoms with Gasteiger partial charge in [0.1, 0.15) is 23.1 Å². The molecule has 4 bridgehead atoms. The van der Waals surface area contributed by atoms with Crippen LogP contribution >= 0.6 is 0 Å². The lowest BCUT2D eigenvalue weighted by Crippen LogP contribution is -2.55. The number of unbranched alkanes of at least 4 members (excludes halogenated alkanes) is 1. The van der Waals surface area contributed by atoms with Crippen LogP contribution in [0, 0.1) is 0 Å². The average molecular weight is 576 g/mol. The molecule has 3 heterocycles. The summed E-state index contributed by atoms with van der Waals surface area (Å²) in [5.41, 5.74) is 2.47. The Morgan fingerprint density at radius 1 is 1.14 bits per heavy atom. The Hall–Kier alpha value is -3.89. The standard InChI is InChI=1S/C32H41N5O5/c1-3-4-9-30-34-18-24(35-30)19-37-13-11-29-28(20-37)36-31(38)10-6-12-33-32(39)23-15-26(40-2)17-27(16-23)42-25-8-5-7-22(14-25)21-41-29/h5,7-8,14-18,28-29H,3-4,6,9-13,19-21H2,1-2H3,(H,33,39)(H,34,35)(H,36,38)/t28-,29-/m0/s1.